The van der Waals surface area contributed by atoms with Crippen LogP contribution >= 0.6 is 0 Å². The van der Waals surface area contributed by atoms with Crippen molar-refractivity contribution in [1.29, 1.82) is 0 Å². The first-order valence-electron chi connectivity index (χ1n) is 7.49. The molecule has 0 unspecified atom stereocenters. The Hall–Kier alpha value is -3.09. The summed E-state index contributed by atoms with van der Waals surface area (Å²) in [5, 5.41) is 2.66. The summed E-state index contributed by atoms with van der Waals surface area (Å²) in [6, 6.07) is 9.88. The van der Waals surface area contributed by atoms with Gasteiger partial charge in [0.05, 0.1) is 0 Å². The second-order valence-corrected chi connectivity index (χ2v) is 5.13. The van der Waals surface area contributed by atoms with Gasteiger partial charge in [0.25, 0.3) is 11.5 Å². The van der Waals surface area contributed by atoms with E-state index in [0.717, 1.165) is 5.56 Å². The zero-order valence-corrected chi connectivity index (χ0v) is 13.5. The number of carbonyl (C=O) groups is 2. The first kappa shape index (κ1) is 17.3. The molecule has 0 fully saturated rings. The van der Waals surface area contributed by atoms with Gasteiger partial charge in [-0.05, 0) is 36.8 Å². The number of benzene rings is 1. The summed E-state index contributed by atoms with van der Waals surface area (Å²) in [5.41, 5.74) is 0.352. The van der Waals surface area contributed by atoms with E-state index < -0.39 is 17.6 Å². The van der Waals surface area contributed by atoms with Gasteiger partial charge in [-0.2, -0.15) is 0 Å². The molecule has 0 saturated carbocycles. The second-order valence-electron chi connectivity index (χ2n) is 5.13. The molecule has 2 aromatic rings. The van der Waals surface area contributed by atoms with Gasteiger partial charge in [0.15, 0.2) is 0 Å². The van der Waals surface area contributed by atoms with E-state index in [1.165, 1.54) is 17.2 Å². The fraction of sp³-hybridized carbons (Fsp3) is 0.235. The second kappa shape index (κ2) is 7.96. The van der Waals surface area contributed by atoms with Gasteiger partial charge in [-0.3, -0.25) is 9.59 Å². The van der Waals surface area contributed by atoms with Crippen molar-refractivity contribution < 1.29 is 14.3 Å². The Bertz CT molecular complexity index is 785. The van der Waals surface area contributed by atoms with Crippen LogP contribution < -0.4 is 15.6 Å². The Morgan fingerprint density at radius 1 is 1.25 bits per heavy atom. The summed E-state index contributed by atoms with van der Waals surface area (Å²) in [5.74, 6) is -0.0745. The van der Waals surface area contributed by atoms with Crippen LogP contribution in [0, 0.1) is 0 Å². The maximum atomic E-state index is 12.0. The molecule has 1 heterocycles. The molecule has 0 aliphatic heterocycles. The molecular weight excluding hydrogens is 310 g/mol. The molecule has 24 heavy (non-hydrogen) atoms. The third kappa shape index (κ3) is 4.45. The minimum atomic E-state index is -0.468. The van der Waals surface area contributed by atoms with Gasteiger partial charge in [-0.25, -0.2) is 4.79 Å². The Morgan fingerprint density at radius 2 is 2.04 bits per heavy atom. The summed E-state index contributed by atoms with van der Waals surface area (Å²) in [4.78, 5) is 39.2. The van der Waals surface area contributed by atoms with Crippen LogP contribution in [-0.2, 0) is 6.54 Å². The van der Waals surface area contributed by atoms with Crippen molar-refractivity contribution in [2.24, 2.45) is 0 Å². The zero-order chi connectivity index (χ0) is 17.5. The number of aromatic amines is 1. The summed E-state index contributed by atoms with van der Waals surface area (Å²) >= 11 is 0. The minimum Gasteiger partial charge on any atom is -0.410 e. The van der Waals surface area contributed by atoms with E-state index in [1.807, 2.05) is 6.92 Å². The predicted molar refractivity (Wildman–Crippen MR) is 89.0 cm³/mol. The normalized spacial score (nSPS) is 10.1. The molecule has 0 radical (unpaired) electrons. The lowest BCUT2D eigenvalue weighted by molar-refractivity contribution is 0.0949. The lowest BCUT2D eigenvalue weighted by Gasteiger charge is -2.14. The maximum absolute atomic E-state index is 12.0. The van der Waals surface area contributed by atoms with E-state index in [2.05, 4.69) is 10.3 Å². The number of carbonyl (C=O) groups excluding carboxylic acids is 2. The molecular formula is C17H19N3O4. The van der Waals surface area contributed by atoms with Crippen LogP contribution in [0.25, 0.3) is 0 Å². The van der Waals surface area contributed by atoms with Crippen molar-refractivity contribution >= 4 is 12.0 Å². The minimum absolute atomic E-state index is 0.0460. The number of nitrogens with one attached hydrogen (secondary N) is 2. The molecule has 2 amide bonds. The summed E-state index contributed by atoms with van der Waals surface area (Å²) < 4.78 is 5.24. The van der Waals surface area contributed by atoms with Crippen molar-refractivity contribution in [2.45, 2.75) is 13.5 Å². The van der Waals surface area contributed by atoms with Crippen molar-refractivity contribution in [3.05, 3.63) is 64.1 Å². The number of rotatable bonds is 5. The molecule has 2 rings (SSSR count). The highest BCUT2D eigenvalue weighted by Crippen LogP contribution is 2.14. The Morgan fingerprint density at radius 3 is 2.75 bits per heavy atom. The average molecular weight is 329 g/mol. The molecule has 0 aliphatic rings. The molecule has 0 aliphatic carbocycles. The smallest absolute Gasteiger partial charge is 0.410 e. The van der Waals surface area contributed by atoms with Crippen LogP contribution in [0.3, 0.4) is 0 Å². The molecule has 2 N–H and O–H groups in total. The number of H-pyrrole nitrogens is 1. The molecule has 0 bridgehead atoms. The molecule has 1 aromatic heterocycles. The molecule has 7 nitrogen and oxygen atoms in total. The van der Waals surface area contributed by atoms with E-state index in [4.69, 9.17) is 4.74 Å². The fourth-order valence-corrected chi connectivity index (χ4v) is 1.90. The summed E-state index contributed by atoms with van der Waals surface area (Å²) in [6.45, 7) is 2.60. The van der Waals surface area contributed by atoms with Crippen LogP contribution in [-0.4, -0.2) is 35.5 Å². The van der Waals surface area contributed by atoms with E-state index >= 15 is 0 Å². The van der Waals surface area contributed by atoms with Crippen LogP contribution in [0.2, 0.25) is 0 Å². The molecule has 0 spiro atoms. The third-order valence-electron chi connectivity index (χ3n) is 3.41. The third-order valence-corrected chi connectivity index (χ3v) is 3.41. The van der Waals surface area contributed by atoms with Gasteiger partial charge in [0.1, 0.15) is 11.3 Å². The number of aromatic nitrogens is 1. The highest BCUT2D eigenvalue weighted by Gasteiger charge is 2.11. The maximum Gasteiger partial charge on any atom is 0.414 e. The molecule has 126 valence electrons. The largest absolute Gasteiger partial charge is 0.414 e. The van der Waals surface area contributed by atoms with Gasteiger partial charge in [0.2, 0.25) is 0 Å². The van der Waals surface area contributed by atoms with Crippen molar-refractivity contribution in [3.63, 3.8) is 0 Å². The van der Waals surface area contributed by atoms with Crippen LogP contribution in [0.5, 0.6) is 5.75 Å². The lowest BCUT2D eigenvalue weighted by Crippen LogP contribution is -2.29. The zero-order valence-electron chi connectivity index (χ0n) is 13.5. The number of nitrogens with zero attached hydrogens (tertiary/aromatic N) is 1. The van der Waals surface area contributed by atoms with E-state index in [0.29, 0.717) is 12.3 Å². The predicted octanol–water partition coefficient (Wildman–Crippen LogP) is 1.76. The Kier molecular flexibility index (Phi) is 5.73. The number of pyridine rings is 1. The number of hydrogen-bond donors (Lipinski definition) is 2. The monoisotopic (exact) mass is 329 g/mol. The topological polar surface area (TPSA) is 91.5 Å². The summed E-state index contributed by atoms with van der Waals surface area (Å²) in [7, 11) is 1.64. The van der Waals surface area contributed by atoms with Crippen LogP contribution in [0.4, 0.5) is 4.79 Å². The van der Waals surface area contributed by atoms with E-state index in [1.54, 1.807) is 37.4 Å². The van der Waals surface area contributed by atoms with Crippen molar-refractivity contribution in [1.82, 2.24) is 15.2 Å². The van der Waals surface area contributed by atoms with Gasteiger partial charge in [-0.15, -0.1) is 0 Å². The summed E-state index contributed by atoms with van der Waals surface area (Å²) in [6.07, 6.45) is 1.01. The molecule has 7 heteroatoms. The number of ether oxygens (including phenoxy) is 1. The van der Waals surface area contributed by atoms with E-state index in [-0.39, 0.29) is 12.1 Å². The number of hydrogen-bond acceptors (Lipinski definition) is 4. The SMILES string of the molecule is CCN(C)C(=O)Oc1cccc(CNC(=O)c2ccc[nH]c2=O)c1. The van der Waals surface area contributed by atoms with E-state index in [9.17, 15) is 14.4 Å². The lowest BCUT2D eigenvalue weighted by atomic mass is 10.2. The van der Waals surface area contributed by atoms with Gasteiger partial charge < -0.3 is 19.9 Å². The molecule has 0 saturated heterocycles. The fourth-order valence-electron chi connectivity index (χ4n) is 1.90. The average Bonchev–Trinajstić information content (AvgIpc) is 2.59. The van der Waals surface area contributed by atoms with Gasteiger partial charge in [-0.1, -0.05) is 12.1 Å². The van der Waals surface area contributed by atoms with Gasteiger partial charge >= 0.3 is 6.09 Å². The Labute approximate surface area is 139 Å². The van der Waals surface area contributed by atoms with Gasteiger partial charge in [0, 0.05) is 26.3 Å². The van der Waals surface area contributed by atoms with Crippen molar-refractivity contribution in [2.75, 3.05) is 13.6 Å². The molecule has 0 atom stereocenters. The van der Waals surface area contributed by atoms with Crippen LogP contribution in [0.1, 0.15) is 22.8 Å². The number of amides is 2. The van der Waals surface area contributed by atoms with Crippen LogP contribution in [0.15, 0.2) is 47.4 Å². The first-order valence-corrected chi connectivity index (χ1v) is 7.49. The standard InChI is InChI=1S/C17H19N3O4/c1-3-20(2)17(23)24-13-7-4-6-12(10-13)11-19-16(22)14-8-5-9-18-15(14)21/h4-10H,3,11H2,1-2H3,(H,18,21)(H,19,22). The highest BCUT2D eigenvalue weighted by molar-refractivity contribution is 5.93. The molecule has 1 aromatic carbocycles. The van der Waals surface area contributed by atoms with Crippen molar-refractivity contribution in [3.8, 4) is 5.75 Å². The Balaban J connectivity index is 2.00. The highest BCUT2D eigenvalue weighted by atomic mass is 16.6. The first-order chi connectivity index (χ1) is 11.5. The quantitative estimate of drug-likeness (QED) is 0.874.